The molecule has 2 atom stereocenters. The van der Waals surface area contributed by atoms with Crippen molar-refractivity contribution in [2.24, 2.45) is 11.8 Å². The van der Waals surface area contributed by atoms with Crippen LogP contribution in [0.1, 0.15) is 26.1 Å². The van der Waals surface area contributed by atoms with Crippen molar-refractivity contribution < 1.29 is 27.5 Å². The van der Waals surface area contributed by atoms with E-state index in [1.807, 2.05) is 13.8 Å². The van der Waals surface area contributed by atoms with Crippen molar-refractivity contribution in [1.82, 2.24) is 14.5 Å². The number of ether oxygens (including phenoxy) is 1. The van der Waals surface area contributed by atoms with Crippen molar-refractivity contribution in [1.29, 1.82) is 0 Å². The quantitative estimate of drug-likeness (QED) is 0.744. The normalized spacial score (nSPS) is 20.4. The van der Waals surface area contributed by atoms with Gasteiger partial charge >= 0.3 is 12.1 Å². The molecule has 0 spiro atoms. The topological polar surface area (TPSA) is 64.4 Å². The summed E-state index contributed by atoms with van der Waals surface area (Å²) in [5.41, 5.74) is 0.312. The number of hydrogen-bond donors (Lipinski definition) is 0. The molecule has 2 aromatic rings. The molecule has 0 N–H and O–H groups in total. The fourth-order valence-corrected chi connectivity index (χ4v) is 3.73. The van der Waals surface area contributed by atoms with E-state index in [2.05, 4.69) is 4.98 Å². The number of halogens is 3. The first kappa shape index (κ1) is 20.2. The van der Waals surface area contributed by atoms with Crippen LogP contribution in [-0.4, -0.2) is 46.0 Å². The van der Waals surface area contributed by atoms with Gasteiger partial charge in [0.15, 0.2) is 6.61 Å². The molecule has 1 aromatic heterocycles. The Kier molecular flexibility index (Phi) is 5.62. The molecule has 152 valence electrons. The Balaban J connectivity index is 1.67. The molecule has 1 aliphatic rings. The number of esters is 1. The van der Waals surface area contributed by atoms with E-state index in [-0.39, 0.29) is 16.9 Å². The monoisotopic (exact) mass is 397 g/mol. The molecular weight excluding hydrogens is 375 g/mol. The molecule has 1 aliphatic heterocycles. The lowest BCUT2D eigenvalue weighted by Crippen LogP contribution is -2.44. The molecule has 0 saturated carbocycles. The molecule has 28 heavy (non-hydrogen) atoms. The van der Waals surface area contributed by atoms with Gasteiger partial charge in [0.25, 0.3) is 5.91 Å². The van der Waals surface area contributed by atoms with Crippen molar-refractivity contribution in [2.45, 2.75) is 33.0 Å². The van der Waals surface area contributed by atoms with Gasteiger partial charge in [-0.25, -0.2) is 4.98 Å². The summed E-state index contributed by atoms with van der Waals surface area (Å²) < 4.78 is 45.6. The second kappa shape index (κ2) is 7.81. The van der Waals surface area contributed by atoms with Gasteiger partial charge in [-0.15, -0.1) is 0 Å². The fourth-order valence-electron chi connectivity index (χ4n) is 3.73. The average molecular weight is 397 g/mol. The first-order valence-corrected chi connectivity index (χ1v) is 9.11. The molecule has 0 radical (unpaired) electrons. The predicted molar refractivity (Wildman–Crippen MR) is 95.2 cm³/mol. The number of carbonyl (C=O) groups is 2. The van der Waals surface area contributed by atoms with Gasteiger partial charge in [0.05, 0.1) is 11.0 Å². The first-order chi connectivity index (χ1) is 13.1. The predicted octanol–water partition coefficient (Wildman–Crippen LogP) is 3.10. The minimum atomic E-state index is -4.71. The van der Waals surface area contributed by atoms with Crippen molar-refractivity contribution in [3.8, 4) is 0 Å². The lowest BCUT2D eigenvalue weighted by Gasteiger charge is -2.34. The number of fused-ring (bicyclic) bond motifs is 1. The maximum Gasteiger partial charge on any atom is 0.449 e. The zero-order valence-corrected chi connectivity index (χ0v) is 15.7. The number of amides is 1. The zero-order chi connectivity index (χ0) is 20.5. The van der Waals surface area contributed by atoms with Crippen LogP contribution in [-0.2, 0) is 27.0 Å². The van der Waals surface area contributed by atoms with Crippen LogP contribution in [0.2, 0.25) is 0 Å². The van der Waals surface area contributed by atoms with Gasteiger partial charge in [0, 0.05) is 13.1 Å². The number of nitrogens with zero attached hydrogens (tertiary/aromatic N) is 3. The van der Waals surface area contributed by atoms with Crippen molar-refractivity contribution in [3.63, 3.8) is 0 Å². The lowest BCUT2D eigenvalue weighted by atomic mass is 9.92. The maximum absolute atomic E-state index is 13.3. The van der Waals surface area contributed by atoms with E-state index in [9.17, 15) is 22.8 Å². The highest BCUT2D eigenvalue weighted by Crippen LogP contribution is 2.31. The Morgan fingerprint density at radius 3 is 2.46 bits per heavy atom. The number of hydrogen-bond acceptors (Lipinski definition) is 4. The highest BCUT2D eigenvalue weighted by atomic mass is 19.4. The van der Waals surface area contributed by atoms with Gasteiger partial charge in [0.2, 0.25) is 5.82 Å². The van der Waals surface area contributed by atoms with E-state index in [1.165, 1.54) is 12.1 Å². The van der Waals surface area contributed by atoms with Crippen molar-refractivity contribution >= 4 is 22.9 Å². The number of imidazole rings is 1. The summed E-state index contributed by atoms with van der Waals surface area (Å²) in [6.45, 7) is 4.12. The SMILES string of the molecule is C[C@H]1C[C@H](C)CN(C(=O)COC(=O)Cn2c(C(F)(F)F)nc3ccccc32)C1. The van der Waals surface area contributed by atoms with Crippen LogP contribution in [0.25, 0.3) is 11.0 Å². The highest BCUT2D eigenvalue weighted by molar-refractivity contribution is 5.82. The number of carbonyl (C=O) groups excluding carboxylic acids is 2. The van der Waals surface area contributed by atoms with E-state index in [1.54, 1.807) is 17.0 Å². The summed E-state index contributed by atoms with van der Waals surface area (Å²) in [6, 6.07) is 6.02. The smallest absolute Gasteiger partial charge is 0.449 e. The highest BCUT2D eigenvalue weighted by Gasteiger charge is 2.38. The van der Waals surface area contributed by atoms with Crippen LogP contribution < -0.4 is 0 Å². The molecule has 1 amide bonds. The first-order valence-electron chi connectivity index (χ1n) is 9.11. The third kappa shape index (κ3) is 4.45. The van der Waals surface area contributed by atoms with E-state index in [0.29, 0.717) is 24.9 Å². The van der Waals surface area contributed by atoms with Crippen LogP contribution in [0.5, 0.6) is 0 Å². The second-order valence-corrected chi connectivity index (χ2v) is 7.41. The van der Waals surface area contributed by atoms with E-state index in [4.69, 9.17) is 4.74 Å². The summed E-state index contributed by atoms with van der Waals surface area (Å²) in [6.07, 6.45) is -3.69. The summed E-state index contributed by atoms with van der Waals surface area (Å²) in [5.74, 6) is -1.71. The van der Waals surface area contributed by atoms with E-state index in [0.717, 1.165) is 11.0 Å². The summed E-state index contributed by atoms with van der Waals surface area (Å²) in [5, 5.41) is 0. The summed E-state index contributed by atoms with van der Waals surface area (Å²) in [7, 11) is 0. The third-order valence-corrected chi connectivity index (χ3v) is 4.77. The summed E-state index contributed by atoms with van der Waals surface area (Å²) >= 11 is 0. The van der Waals surface area contributed by atoms with Crippen LogP contribution in [0.3, 0.4) is 0 Å². The standard InChI is InChI=1S/C19H22F3N3O3/c1-12-7-13(2)9-24(8-12)16(26)11-28-17(27)10-25-15-6-4-3-5-14(15)23-18(25)19(20,21)22/h3-6,12-13H,7-11H2,1-2H3/t12-,13-/m0/s1. The minimum absolute atomic E-state index is 0.134. The third-order valence-electron chi connectivity index (χ3n) is 4.77. The number of alkyl halides is 3. The Hall–Kier alpha value is -2.58. The zero-order valence-electron chi connectivity index (χ0n) is 15.7. The number of rotatable bonds is 4. The van der Waals surface area contributed by atoms with E-state index >= 15 is 0 Å². The molecule has 2 heterocycles. The molecule has 0 unspecified atom stereocenters. The number of piperidine rings is 1. The number of para-hydroxylation sites is 2. The maximum atomic E-state index is 13.3. The van der Waals surface area contributed by atoms with Gasteiger partial charge in [0.1, 0.15) is 6.54 Å². The van der Waals surface area contributed by atoms with E-state index < -0.39 is 31.1 Å². The molecule has 1 fully saturated rings. The fraction of sp³-hybridized carbons (Fsp3) is 0.526. The van der Waals surface area contributed by atoms with Gasteiger partial charge in [-0.05, 0) is 30.4 Å². The molecule has 0 bridgehead atoms. The summed E-state index contributed by atoms with van der Waals surface area (Å²) in [4.78, 5) is 29.6. The largest absolute Gasteiger partial charge is 0.454 e. The van der Waals surface area contributed by atoms with Crippen LogP contribution in [0.4, 0.5) is 13.2 Å². The number of likely N-dealkylation sites (tertiary alicyclic amines) is 1. The second-order valence-electron chi connectivity index (χ2n) is 7.41. The minimum Gasteiger partial charge on any atom is -0.454 e. The lowest BCUT2D eigenvalue weighted by molar-refractivity contribution is -0.156. The van der Waals surface area contributed by atoms with Crippen molar-refractivity contribution in [2.75, 3.05) is 19.7 Å². The van der Waals surface area contributed by atoms with Crippen LogP contribution in [0.15, 0.2) is 24.3 Å². The number of aromatic nitrogens is 2. The molecule has 6 nitrogen and oxygen atoms in total. The van der Waals surface area contributed by atoms with Crippen molar-refractivity contribution in [3.05, 3.63) is 30.1 Å². The Bertz CT molecular complexity index is 868. The molecule has 0 aliphatic carbocycles. The van der Waals surface area contributed by atoms with Gasteiger partial charge in [-0.3, -0.25) is 9.59 Å². The average Bonchev–Trinajstić information content (AvgIpc) is 2.98. The number of benzene rings is 1. The van der Waals surface area contributed by atoms with Crippen LogP contribution in [0, 0.1) is 11.8 Å². The molecule has 1 aromatic carbocycles. The Labute approximate surface area is 160 Å². The van der Waals surface area contributed by atoms with Crippen LogP contribution >= 0.6 is 0 Å². The Morgan fingerprint density at radius 2 is 1.82 bits per heavy atom. The van der Waals surface area contributed by atoms with Gasteiger partial charge in [-0.2, -0.15) is 13.2 Å². The molecule has 3 rings (SSSR count). The van der Waals surface area contributed by atoms with Gasteiger partial charge < -0.3 is 14.2 Å². The molecule has 1 saturated heterocycles. The van der Waals surface area contributed by atoms with Gasteiger partial charge in [-0.1, -0.05) is 26.0 Å². The molecular formula is C19H22F3N3O3. The Morgan fingerprint density at radius 1 is 1.18 bits per heavy atom. The molecule has 9 heteroatoms.